The molecule has 7 nitrogen and oxygen atoms in total. The van der Waals surface area contributed by atoms with Crippen molar-refractivity contribution in [2.45, 2.75) is 6.04 Å². The summed E-state index contributed by atoms with van der Waals surface area (Å²) in [6, 6.07) is 12.3. The van der Waals surface area contributed by atoms with Gasteiger partial charge in [0.1, 0.15) is 11.8 Å². The molecule has 1 heterocycles. The normalized spacial score (nSPS) is 16.3. The Balaban J connectivity index is 1.71. The SMILES string of the molecule is COc1cccc(C(=O)Nc2ccc(C3NC(=O)NC3=O)cc2)c1. The summed E-state index contributed by atoms with van der Waals surface area (Å²) in [6.45, 7) is 0. The van der Waals surface area contributed by atoms with Crippen LogP contribution < -0.4 is 20.7 Å². The van der Waals surface area contributed by atoms with Crippen LogP contribution in [0.2, 0.25) is 0 Å². The van der Waals surface area contributed by atoms with Gasteiger partial charge in [-0.25, -0.2) is 4.79 Å². The second kappa shape index (κ2) is 6.41. The first-order chi connectivity index (χ1) is 11.6. The lowest BCUT2D eigenvalue weighted by Gasteiger charge is -2.10. The van der Waals surface area contributed by atoms with Gasteiger partial charge in [0.2, 0.25) is 0 Å². The highest BCUT2D eigenvalue weighted by atomic mass is 16.5. The predicted octanol–water partition coefficient (Wildman–Crippen LogP) is 1.83. The summed E-state index contributed by atoms with van der Waals surface area (Å²) in [5.74, 6) is -0.0669. The molecule has 0 aromatic heterocycles. The Labute approximate surface area is 138 Å². The Bertz CT molecular complexity index is 802. The maximum absolute atomic E-state index is 12.2. The van der Waals surface area contributed by atoms with Crippen molar-refractivity contribution in [1.29, 1.82) is 0 Å². The number of carbonyl (C=O) groups is 3. The Kier molecular flexibility index (Phi) is 4.15. The summed E-state index contributed by atoms with van der Waals surface area (Å²) < 4.78 is 5.09. The third-order valence-electron chi connectivity index (χ3n) is 3.61. The maximum atomic E-state index is 12.2. The smallest absolute Gasteiger partial charge is 0.322 e. The molecule has 1 unspecified atom stereocenters. The lowest BCUT2D eigenvalue weighted by molar-refractivity contribution is -0.120. The molecular formula is C17H15N3O4. The van der Waals surface area contributed by atoms with Crippen molar-refractivity contribution in [3.05, 3.63) is 59.7 Å². The van der Waals surface area contributed by atoms with Gasteiger partial charge >= 0.3 is 6.03 Å². The van der Waals surface area contributed by atoms with Crippen molar-refractivity contribution in [3.8, 4) is 5.75 Å². The number of anilines is 1. The molecule has 1 fully saturated rings. The van der Waals surface area contributed by atoms with E-state index in [0.29, 0.717) is 22.6 Å². The van der Waals surface area contributed by atoms with Gasteiger partial charge in [-0.3, -0.25) is 14.9 Å². The number of methoxy groups -OCH3 is 1. The fourth-order valence-electron chi connectivity index (χ4n) is 2.38. The van der Waals surface area contributed by atoms with Crippen LogP contribution in [0.3, 0.4) is 0 Å². The molecule has 0 aliphatic carbocycles. The summed E-state index contributed by atoms with van der Waals surface area (Å²) in [4.78, 5) is 35.0. The highest BCUT2D eigenvalue weighted by Gasteiger charge is 2.30. The first-order valence-electron chi connectivity index (χ1n) is 7.23. The van der Waals surface area contributed by atoms with E-state index in [-0.39, 0.29) is 5.91 Å². The fraction of sp³-hybridized carbons (Fsp3) is 0.118. The quantitative estimate of drug-likeness (QED) is 0.747. The Morgan fingerprint density at radius 3 is 2.50 bits per heavy atom. The molecule has 2 aromatic rings. The molecule has 7 heteroatoms. The standard InChI is InChI=1S/C17H15N3O4/c1-24-13-4-2-3-11(9-13)15(21)18-12-7-5-10(6-8-12)14-16(22)20-17(23)19-14/h2-9,14H,1H3,(H,18,21)(H2,19,20,22,23). The molecular weight excluding hydrogens is 310 g/mol. The van der Waals surface area contributed by atoms with Gasteiger partial charge in [-0.05, 0) is 35.9 Å². The summed E-state index contributed by atoms with van der Waals surface area (Å²) in [7, 11) is 1.54. The van der Waals surface area contributed by atoms with Crippen molar-refractivity contribution in [2.75, 3.05) is 12.4 Å². The van der Waals surface area contributed by atoms with E-state index in [2.05, 4.69) is 16.0 Å². The number of hydrogen-bond donors (Lipinski definition) is 3. The molecule has 24 heavy (non-hydrogen) atoms. The van der Waals surface area contributed by atoms with E-state index in [0.717, 1.165) is 0 Å². The molecule has 3 rings (SSSR count). The third kappa shape index (κ3) is 3.19. The second-order valence-corrected chi connectivity index (χ2v) is 5.20. The minimum absolute atomic E-state index is 0.270. The summed E-state index contributed by atoms with van der Waals surface area (Å²) in [6.07, 6.45) is 0. The van der Waals surface area contributed by atoms with Crippen LogP contribution in [-0.4, -0.2) is 25.0 Å². The Morgan fingerprint density at radius 1 is 1.12 bits per heavy atom. The largest absolute Gasteiger partial charge is 0.497 e. The third-order valence-corrected chi connectivity index (χ3v) is 3.61. The van der Waals surface area contributed by atoms with Crippen molar-refractivity contribution >= 4 is 23.5 Å². The molecule has 1 aliphatic rings. The number of ether oxygens (including phenoxy) is 1. The van der Waals surface area contributed by atoms with E-state index >= 15 is 0 Å². The molecule has 0 spiro atoms. The molecule has 0 saturated carbocycles. The van der Waals surface area contributed by atoms with Crippen LogP contribution in [0.5, 0.6) is 5.75 Å². The van der Waals surface area contributed by atoms with Gasteiger partial charge in [-0.1, -0.05) is 18.2 Å². The van der Waals surface area contributed by atoms with Crippen molar-refractivity contribution in [1.82, 2.24) is 10.6 Å². The van der Waals surface area contributed by atoms with Crippen molar-refractivity contribution < 1.29 is 19.1 Å². The van der Waals surface area contributed by atoms with Gasteiger partial charge < -0.3 is 15.4 Å². The van der Waals surface area contributed by atoms with Gasteiger partial charge in [-0.2, -0.15) is 0 Å². The zero-order valence-corrected chi connectivity index (χ0v) is 12.8. The van der Waals surface area contributed by atoms with Crippen LogP contribution in [0.15, 0.2) is 48.5 Å². The molecule has 4 amide bonds. The Hall–Kier alpha value is -3.35. The number of rotatable bonds is 4. The second-order valence-electron chi connectivity index (χ2n) is 5.20. The lowest BCUT2D eigenvalue weighted by atomic mass is 10.1. The van der Waals surface area contributed by atoms with E-state index in [9.17, 15) is 14.4 Å². The van der Waals surface area contributed by atoms with Crippen LogP contribution in [0, 0.1) is 0 Å². The van der Waals surface area contributed by atoms with Crippen LogP contribution in [-0.2, 0) is 4.79 Å². The number of amides is 4. The number of nitrogens with one attached hydrogen (secondary N) is 3. The molecule has 0 bridgehead atoms. The number of urea groups is 1. The lowest BCUT2D eigenvalue weighted by Crippen LogP contribution is -2.22. The van der Waals surface area contributed by atoms with E-state index in [1.165, 1.54) is 7.11 Å². The van der Waals surface area contributed by atoms with Gasteiger partial charge in [0, 0.05) is 11.3 Å². The molecule has 1 atom stereocenters. The highest BCUT2D eigenvalue weighted by molar-refractivity contribution is 6.05. The van der Waals surface area contributed by atoms with Gasteiger partial charge in [0.05, 0.1) is 7.11 Å². The number of carbonyl (C=O) groups excluding carboxylic acids is 3. The van der Waals surface area contributed by atoms with E-state index in [1.807, 2.05) is 0 Å². The van der Waals surface area contributed by atoms with E-state index < -0.39 is 18.0 Å². The zero-order valence-electron chi connectivity index (χ0n) is 12.8. The van der Waals surface area contributed by atoms with Gasteiger partial charge in [-0.15, -0.1) is 0 Å². The zero-order chi connectivity index (χ0) is 17.1. The first-order valence-corrected chi connectivity index (χ1v) is 7.23. The summed E-state index contributed by atoms with van der Waals surface area (Å²) in [5.41, 5.74) is 1.69. The van der Waals surface area contributed by atoms with Crippen LogP contribution in [0.25, 0.3) is 0 Å². The number of benzene rings is 2. The minimum Gasteiger partial charge on any atom is -0.497 e. The maximum Gasteiger partial charge on any atom is 0.322 e. The monoisotopic (exact) mass is 325 g/mol. The molecule has 1 aliphatic heterocycles. The highest BCUT2D eigenvalue weighted by Crippen LogP contribution is 2.20. The molecule has 0 radical (unpaired) electrons. The number of hydrogen-bond acceptors (Lipinski definition) is 4. The predicted molar refractivity (Wildman–Crippen MR) is 86.8 cm³/mol. The molecule has 1 saturated heterocycles. The fourth-order valence-corrected chi connectivity index (χ4v) is 2.38. The summed E-state index contributed by atoms with van der Waals surface area (Å²) in [5, 5.41) is 7.46. The number of imide groups is 1. The van der Waals surface area contributed by atoms with Gasteiger partial charge in [0.25, 0.3) is 11.8 Å². The van der Waals surface area contributed by atoms with Crippen molar-refractivity contribution in [3.63, 3.8) is 0 Å². The van der Waals surface area contributed by atoms with Crippen LogP contribution >= 0.6 is 0 Å². The average molecular weight is 325 g/mol. The van der Waals surface area contributed by atoms with E-state index in [1.54, 1.807) is 48.5 Å². The Morgan fingerprint density at radius 2 is 1.88 bits per heavy atom. The minimum atomic E-state index is -0.708. The first kappa shape index (κ1) is 15.5. The molecule has 122 valence electrons. The van der Waals surface area contributed by atoms with E-state index in [4.69, 9.17) is 4.74 Å². The van der Waals surface area contributed by atoms with Crippen LogP contribution in [0.4, 0.5) is 10.5 Å². The van der Waals surface area contributed by atoms with Crippen molar-refractivity contribution in [2.24, 2.45) is 0 Å². The topological polar surface area (TPSA) is 96.5 Å². The van der Waals surface area contributed by atoms with Crippen LogP contribution in [0.1, 0.15) is 22.0 Å². The molecule has 3 N–H and O–H groups in total. The molecule has 2 aromatic carbocycles. The average Bonchev–Trinajstić information content (AvgIpc) is 2.94. The van der Waals surface area contributed by atoms with Gasteiger partial charge in [0.15, 0.2) is 0 Å². The summed E-state index contributed by atoms with van der Waals surface area (Å²) >= 11 is 0.